The summed E-state index contributed by atoms with van der Waals surface area (Å²) in [6, 6.07) is 19.2. The first-order valence-electron chi connectivity index (χ1n) is 15.1. The summed E-state index contributed by atoms with van der Waals surface area (Å²) < 4.78 is 2.14. The fourth-order valence-electron chi connectivity index (χ4n) is 7.15. The molecule has 4 aromatic rings. The Morgan fingerprint density at radius 1 is 1.00 bits per heavy atom. The van der Waals surface area contributed by atoms with Crippen LogP contribution < -0.4 is 15.1 Å². The van der Waals surface area contributed by atoms with E-state index in [1.165, 1.54) is 6.42 Å². The van der Waals surface area contributed by atoms with Gasteiger partial charge in [0.15, 0.2) is 5.11 Å². The molecule has 2 aliphatic rings. The van der Waals surface area contributed by atoms with E-state index in [9.17, 15) is 9.90 Å². The van der Waals surface area contributed by atoms with Gasteiger partial charge in [0.2, 0.25) is 0 Å². The van der Waals surface area contributed by atoms with E-state index in [4.69, 9.17) is 28.8 Å². The first-order chi connectivity index (χ1) is 21.0. The van der Waals surface area contributed by atoms with Crippen LogP contribution in [0.25, 0.3) is 5.69 Å². The molecule has 9 heteroatoms. The second kappa shape index (κ2) is 11.9. The Morgan fingerprint density at radius 3 is 2.41 bits per heavy atom. The third kappa shape index (κ3) is 5.46. The van der Waals surface area contributed by atoms with E-state index in [-0.39, 0.29) is 17.6 Å². The van der Waals surface area contributed by atoms with Crippen LogP contribution in [0.4, 0.5) is 11.4 Å². The van der Waals surface area contributed by atoms with Crippen LogP contribution in [0.5, 0.6) is 0 Å². The highest BCUT2D eigenvalue weighted by molar-refractivity contribution is 7.80. The standard InChI is InChI=1S/C35H38ClN5O2S/c1-20-14-21(2)19-39(18-20)30-12-11-26(17-28(30)36)41-33(32(38-35(41)44)29-8-6-7-13-37-29)27-15-23(4)40(24(27)5)31-16-25(34(42)43)10-9-22(31)3/h6-13,15-17,20-21,32-33H,14,18-19H2,1-5H3,(H,38,44)(H,42,43)/t20-,21+,32-,33-/m1/s1. The van der Waals surface area contributed by atoms with Crippen LogP contribution in [0.1, 0.15) is 70.9 Å². The first kappa shape index (κ1) is 30.2. The minimum absolute atomic E-state index is 0.216. The summed E-state index contributed by atoms with van der Waals surface area (Å²) in [4.78, 5) is 21.1. The van der Waals surface area contributed by atoms with Gasteiger partial charge in [-0.3, -0.25) is 4.98 Å². The van der Waals surface area contributed by atoms with E-state index in [2.05, 4.69) is 65.6 Å². The van der Waals surface area contributed by atoms with Crippen molar-refractivity contribution in [2.24, 2.45) is 11.8 Å². The summed E-state index contributed by atoms with van der Waals surface area (Å²) in [5.74, 6) is 0.279. The predicted octanol–water partition coefficient (Wildman–Crippen LogP) is 7.81. The fraction of sp³-hybridized carbons (Fsp3) is 0.343. The lowest BCUT2D eigenvalue weighted by Crippen LogP contribution is -2.38. The van der Waals surface area contributed by atoms with Gasteiger partial charge in [0.1, 0.15) is 0 Å². The van der Waals surface area contributed by atoms with Crippen LogP contribution in [0.2, 0.25) is 5.02 Å². The number of benzene rings is 2. The number of aromatic nitrogens is 2. The molecule has 7 nitrogen and oxygen atoms in total. The Labute approximate surface area is 269 Å². The van der Waals surface area contributed by atoms with Gasteiger partial charge in [0.05, 0.1) is 34.1 Å². The topological polar surface area (TPSA) is 73.6 Å². The van der Waals surface area contributed by atoms with Crippen molar-refractivity contribution in [2.45, 2.75) is 53.1 Å². The molecule has 2 aromatic carbocycles. The second-order valence-corrected chi connectivity index (χ2v) is 13.2. The zero-order valence-electron chi connectivity index (χ0n) is 25.7. The van der Waals surface area contributed by atoms with Gasteiger partial charge < -0.3 is 24.8 Å². The number of carboxylic acids is 1. The minimum Gasteiger partial charge on any atom is -0.478 e. The van der Waals surface area contributed by atoms with Crippen LogP contribution in [0.3, 0.4) is 0 Å². The summed E-state index contributed by atoms with van der Waals surface area (Å²) >= 11 is 13.0. The molecule has 4 atom stereocenters. The number of pyridine rings is 1. The normalized spacial score (nSPS) is 21.9. The van der Waals surface area contributed by atoms with Gasteiger partial charge in [0, 0.05) is 42.0 Å². The number of nitrogens with zero attached hydrogens (tertiary/aromatic N) is 4. The molecule has 4 heterocycles. The Kier molecular flexibility index (Phi) is 8.16. The van der Waals surface area contributed by atoms with Crippen molar-refractivity contribution in [3.05, 3.63) is 106 Å². The van der Waals surface area contributed by atoms with Crippen molar-refractivity contribution in [3.8, 4) is 5.69 Å². The Hall–Kier alpha value is -3.88. The molecular formula is C35H38ClN5O2S. The number of aryl methyl sites for hydroxylation is 2. The Morgan fingerprint density at radius 2 is 1.75 bits per heavy atom. The molecule has 2 N–H and O–H groups in total. The van der Waals surface area contributed by atoms with Crippen molar-refractivity contribution >= 4 is 46.3 Å². The summed E-state index contributed by atoms with van der Waals surface area (Å²) in [5, 5.41) is 14.6. The predicted molar refractivity (Wildman–Crippen MR) is 181 cm³/mol. The van der Waals surface area contributed by atoms with E-state index in [1.54, 1.807) is 18.3 Å². The number of aromatic carboxylic acids is 1. The highest BCUT2D eigenvalue weighted by atomic mass is 35.5. The molecule has 0 unspecified atom stereocenters. The average molecular weight is 628 g/mol. The molecule has 228 valence electrons. The number of carboxylic acid groups (broad SMARTS) is 1. The van der Waals surface area contributed by atoms with Gasteiger partial charge in [-0.1, -0.05) is 37.6 Å². The van der Waals surface area contributed by atoms with E-state index in [1.807, 2.05) is 37.3 Å². The van der Waals surface area contributed by atoms with E-state index in [0.29, 0.717) is 22.0 Å². The molecule has 0 amide bonds. The van der Waals surface area contributed by atoms with Crippen LogP contribution >= 0.6 is 23.8 Å². The third-order valence-corrected chi connectivity index (χ3v) is 9.62. The molecular weight excluding hydrogens is 590 g/mol. The van der Waals surface area contributed by atoms with Crippen LogP contribution in [0, 0.1) is 32.6 Å². The quantitative estimate of drug-likeness (QED) is 0.211. The average Bonchev–Trinajstić information content (AvgIpc) is 3.47. The summed E-state index contributed by atoms with van der Waals surface area (Å²) in [5.41, 5.74) is 8.02. The third-order valence-electron chi connectivity index (χ3n) is 9.00. The monoisotopic (exact) mass is 627 g/mol. The van der Waals surface area contributed by atoms with Crippen molar-refractivity contribution in [1.82, 2.24) is 14.9 Å². The van der Waals surface area contributed by atoms with Gasteiger partial charge in [-0.25, -0.2) is 4.79 Å². The van der Waals surface area contributed by atoms with Crippen molar-refractivity contribution < 1.29 is 9.90 Å². The SMILES string of the molecule is Cc1ccc(C(=O)O)cc1-n1c(C)cc([C@@H]2[C@@H](c3ccccn3)NC(=S)N2c2ccc(N3C[C@H](C)C[C@H](C)C3)c(Cl)c2)c1C. The largest absolute Gasteiger partial charge is 0.478 e. The summed E-state index contributed by atoms with van der Waals surface area (Å²) in [6.45, 7) is 12.7. The van der Waals surface area contributed by atoms with Gasteiger partial charge >= 0.3 is 5.97 Å². The van der Waals surface area contributed by atoms with E-state index >= 15 is 0 Å². The summed E-state index contributed by atoms with van der Waals surface area (Å²) in [7, 11) is 0. The van der Waals surface area contributed by atoms with E-state index < -0.39 is 5.97 Å². The fourth-order valence-corrected chi connectivity index (χ4v) is 7.79. The lowest BCUT2D eigenvalue weighted by atomic mass is 9.91. The zero-order valence-corrected chi connectivity index (χ0v) is 27.3. The molecule has 2 fully saturated rings. The molecule has 6 rings (SSSR count). The van der Waals surface area contributed by atoms with Crippen LogP contribution in [-0.2, 0) is 0 Å². The van der Waals surface area contributed by atoms with Crippen molar-refractivity contribution in [2.75, 3.05) is 22.9 Å². The molecule has 0 saturated carbocycles. The number of thiocarbonyl (C=S) groups is 1. The van der Waals surface area contributed by atoms with Gasteiger partial charge in [0.25, 0.3) is 0 Å². The molecule has 0 radical (unpaired) electrons. The van der Waals surface area contributed by atoms with Crippen LogP contribution in [-0.4, -0.2) is 38.8 Å². The number of rotatable bonds is 6. The number of hydrogen-bond donors (Lipinski definition) is 2. The number of piperidine rings is 1. The molecule has 44 heavy (non-hydrogen) atoms. The second-order valence-electron chi connectivity index (χ2n) is 12.5. The van der Waals surface area contributed by atoms with Gasteiger partial charge in [-0.15, -0.1) is 0 Å². The lowest BCUT2D eigenvalue weighted by molar-refractivity contribution is 0.0697. The molecule has 0 spiro atoms. The number of halogens is 1. The molecule has 2 aromatic heterocycles. The highest BCUT2D eigenvalue weighted by Crippen LogP contribution is 2.45. The van der Waals surface area contributed by atoms with Gasteiger partial charge in [-0.05, 0) is 111 Å². The molecule has 2 saturated heterocycles. The Balaban J connectivity index is 1.46. The smallest absolute Gasteiger partial charge is 0.335 e. The molecule has 2 aliphatic heterocycles. The maximum absolute atomic E-state index is 11.8. The Bertz CT molecular complexity index is 1730. The summed E-state index contributed by atoms with van der Waals surface area (Å²) in [6.07, 6.45) is 3.03. The van der Waals surface area contributed by atoms with Crippen molar-refractivity contribution in [1.29, 1.82) is 0 Å². The zero-order chi connectivity index (χ0) is 31.3. The number of hydrogen-bond acceptors (Lipinski definition) is 4. The van der Waals surface area contributed by atoms with Crippen LogP contribution in [0.15, 0.2) is 66.9 Å². The number of nitrogens with one attached hydrogen (secondary N) is 1. The van der Waals surface area contributed by atoms with Crippen molar-refractivity contribution in [3.63, 3.8) is 0 Å². The highest BCUT2D eigenvalue weighted by Gasteiger charge is 2.42. The minimum atomic E-state index is -0.950. The lowest BCUT2D eigenvalue weighted by Gasteiger charge is -2.37. The maximum Gasteiger partial charge on any atom is 0.335 e. The van der Waals surface area contributed by atoms with Gasteiger partial charge in [-0.2, -0.15) is 0 Å². The number of anilines is 2. The number of carbonyl (C=O) groups is 1. The van der Waals surface area contributed by atoms with E-state index in [0.717, 1.165) is 58.4 Å². The molecule has 0 bridgehead atoms. The molecule has 0 aliphatic carbocycles. The maximum atomic E-state index is 11.8. The first-order valence-corrected chi connectivity index (χ1v) is 15.9.